The van der Waals surface area contributed by atoms with Crippen molar-refractivity contribution in [3.05, 3.63) is 21.9 Å². The minimum atomic E-state index is -0.169. The summed E-state index contributed by atoms with van der Waals surface area (Å²) < 4.78 is 0. The van der Waals surface area contributed by atoms with Gasteiger partial charge in [-0.05, 0) is 38.1 Å². The fraction of sp³-hybridized carbons (Fsp3) is 0.500. The van der Waals surface area contributed by atoms with Gasteiger partial charge in [0.2, 0.25) is 5.91 Å². The molecule has 1 saturated heterocycles. The molecule has 5 heteroatoms. The number of carbonyl (C=O) groups is 1. The Hall–Kier alpha value is -1.35. The fourth-order valence-corrected chi connectivity index (χ4v) is 3.18. The largest absolute Gasteiger partial charge is 0.384 e. The topological polar surface area (TPSA) is 66.6 Å². The SMILES string of the molecule is NC(=O)C1CCN(Cc2ccc(C#CCO)s2)CC1. The smallest absolute Gasteiger partial charge is 0.220 e. The fourth-order valence-electron chi connectivity index (χ4n) is 2.25. The number of aliphatic hydroxyl groups excluding tert-OH is 1. The van der Waals surface area contributed by atoms with Crippen LogP contribution >= 0.6 is 11.3 Å². The maximum Gasteiger partial charge on any atom is 0.220 e. The molecule has 0 aromatic carbocycles. The van der Waals surface area contributed by atoms with Crippen LogP contribution in [0.1, 0.15) is 22.6 Å². The first kappa shape index (κ1) is 14.1. The molecular formula is C14H18N2O2S. The molecule has 2 rings (SSSR count). The van der Waals surface area contributed by atoms with Gasteiger partial charge in [-0.3, -0.25) is 9.69 Å². The molecule has 0 unspecified atom stereocenters. The summed E-state index contributed by atoms with van der Waals surface area (Å²) in [5.74, 6) is 5.44. The van der Waals surface area contributed by atoms with E-state index in [1.807, 2.05) is 6.07 Å². The van der Waals surface area contributed by atoms with Crippen molar-refractivity contribution in [1.29, 1.82) is 0 Å². The minimum absolute atomic E-state index is 0.0468. The van der Waals surface area contributed by atoms with Gasteiger partial charge in [0, 0.05) is 17.3 Å². The van der Waals surface area contributed by atoms with Crippen molar-refractivity contribution in [2.75, 3.05) is 19.7 Å². The lowest BCUT2D eigenvalue weighted by Crippen LogP contribution is -2.37. The normalized spacial score (nSPS) is 16.9. The highest BCUT2D eigenvalue weighted by atomic mass is 32.1. The predicted octanol–water partition coefficient (Wildman–Crippen LogP) is 0.789. The van der Waals surface area contributed by atoms with Crippen molar-refractivity contribution >= 4 is 17.2 Å². The van der Waals surface area contributed by atoms with E-state index in [0.29, 0.717) is 0 Å². The second-order valence-electron chi connectivity index (χ2n) is 4.68. The van der Waals surface area contributed by atoms with E-state index in [9.17, 15) is 4.79 Å². The molecule has 19 heavy (non-hydrogen) atoms. The number of hydrogen-bond donors (Lipinski definition) is 2. The number of carbonyl (C=O) groups excluding carboxylic acids is 1. The van der Waals surface area contributed by atoms with E-state index in [-0.39, 0.29) is 18.4 Å². The monoisotopic (exact) mass is 278 g/mol. The van der Waals surface area contributed by atoms with E-state index < -0.39 is 0 Å². The van der Waals surface area contributed by atoms with Crippen molar-refractivity contribution in [3.63, 3.8) is 0 Å². The third-order valence-electron chi connectivity index (χ3n) is 3.32. The number of hydrogen-bond acceptors (Lipinski definition) is 4. The second-order valence-corrected chi connectivity index (χ2v) is 5.85. The minimum Gasteiger partial charge on any atom is -0.384 e. The molecule has 1 aliphatic rings. The van der Waals surface area contributed by atoms with E-state index in [1.54, 1.807) is 11.3 Å². The number of rotatable bonds is 3. The molecule has 0 aliphatic carbocycles. The van der Waals surface area contributed by atoms with Crippen molar-refractivity contribution < 1.29 is 9.90 Å². The maximum absolute atomic E-state index is 11.1. The first-order chi connectivity index (χ1) is 9.19. The summed E-state index contributed by atoms with van der Waals surface area (Å²) in [4.78, 5) is 15.7. The zero-order chi connectivity index (χ0) is 13.7. The number of likely N-dealkylation sites (tertiary alicyclic amines) is 1. The molecule has 0 radical (unpaired) electrons. The molecule has 1 amide bonds. The Balaban J connectivity index is 1.85. The molecule has 4 nitrogen and oxygen atoms in total. The van der Waals surface area contributed by atoms with Gasteiger partial charge in [-0.2, -0.15) is 0 Å². The van der Waals surface area contributed by atoms with E-state index >= 15 is 0 Å². The summed E-state index contributed by atoms with van der Waals surface area (Å²) in [6, 6.07) is 4.06. The molecule has 0 saturated carbocycles. The van der Waals surface area contributed by atoms with E-state index in [1.165, 1.54) is 4.88 Å². The van der Waals surface area contributed by atoms with Crippen molar-refractivity contribution in [2.24, 2.45) is 11.7 Å². The van der Waals surface area contributed by atoms with E-state index in [2.05, 4.69) is 22.8 Å². The Morgan fingerprint density at radius 3 is 2.84 bits per heavy atom. The van der Waals surface area contributed by atoms with Gasteiger partial charge in [-0.25, -0.2) is 0 Å². The van der Waals surface area contributed by atoms with Crippen LogP contribution in [0.3, 0.4) is 0 Å². The lowest BCUT2D eigenvalue weighted by Gasteiger charge is -2.29. The number of piperidine rings is 1. The van der Waals surface area contributed by atoms with Gasteiger partial charge in [0.05, 0.1) is 4.88 Å². The Kier molecular flexibility index (Phi) is 4.97. The average molecular weight is 278 g/mol. The zero-order valence-corrected chi connectivity index (χ0v) is 11.6. The lowest BCUT2D eigenvalue weighted by atomic mass is 9.96. The highest BCUT2D eigenvalue weighted by molar-refractivity contribution is 7.12. The lowest BCUT2D eigenvalue weighted by molar-refractivity contribution is -0.123. The molecule has 2 heterocycles. The molecule has 102 valence electrons. The summed E-state index contributed by atoms with van der Waals surface area (Å²) >= 11 is 1.66. The highest BCUT2D eigenvalue weighted by Crippen LogP contribution is 2.22. The summed E-state index contributed by atoms with van der Waals surface area (Å²) in [5.41, 5.74) is 5.32. The number of thiophene rings is 1. The van der Waals surface area contributed by atoms with Crippen LogP contribution in [0.4, 0.5) is 0 Å². The third kappa shape index (κ3) is 4.06. The number of amides is 1. The van der Waals surface area contributed by atoms with Crippen LogP contribution in [-0.4, -0.2) is 35.6 Å². The molecule has 0 atom stereocenters. The van der Waals surface area contributed by atoms with Gasteiger partial charge in [-0.1, -0.05) is 11.8 Å². The van der Waals surface area contributed by atoms with Crippen molar-refractivity contribution in [1.82, 2.24) is 4.90 Å². The number of nitrogens with zero attached hydrogens (tertiary/aromatic N) is 1. The average Bonchev–Trinajstić information content (AvgIpc) is 2.84. The molecule has 1 aliphatic heterocycles. The number of primary amides is 1. The van der Waals surface area contributed by atoms with Crippen molar-refractivity contribution in [2.45, 2.75) is 19.4 Å². The van der Waals surface area contributed by atoms with Crippen LogP contribution < -0.4 is 5.73 Å². The summed E-state index contributed by atoms with van der Waals surface area (Å²) in [7, 11) is 0. The molecule has 1 aromatic rings. The summed E-state index contributed by atoms with van der Waals surface area (Å²) in [5, 5.41) is 8.65. The maximum atomic E-state index is 11.1. The number of aliphatic hydroxyl groups is 1. The molecule has 1 aromatic heterocycles. The van der Waals surface area contributed by atoms with Crippen LogP contribution in [-0.2, 0) is 11.3 Å². The summed E-state index contributed by atoms with van der Waals surface area (Å²) in [6.07, 6.45) is 1.72. The van der Waals surface area contributed by atoms with Crippen LogP contribution in [0.2, 0.25) is 0 Å². The Morgan fingerprint density at radius 1 is 1.47 bits per heavy atom. The zero-order valence-electron chi connectivity index (χ0n) is 10.8. The van der Waals surface area contributed by atoms with Gasteiger partial charge >= 0.3 is 0 Å². The molecule has 0 spiro atoms. The van der Waals surface area contributed by atoms with Crippen LogP contribution in [0, 0.1) is 17.8 Å². The third-order valence-corrected chi connectivity index (χ3v) is 4.31. The predicted molar refractivity (Wildman–Crippen MR) is 75.5 cm³/mol. The summed E-state index contributed by atoms with van der Waals surface area (Å²) in [6.45, 7) is 2.64. The van der Waals surface area contributed by atoms with Gasteiger partial charge in [-0.15, -0.1) is 11.3 Å². The Bertz CT molecular complexity index is 493. The Labute approximate surface area is 117 Å². The highest BCUT2D eigenvalue weighted by Gasteiger charge is 2.23. The first-order valence-electron chi connectivity index (χ1n) is 6.39. The van der Waals surface area contributed by atoms with Gasteiger partial charge < -0.3 is 10.8 Å². The van der Waals surface area contributed by atoms with Gasteiger partial charge in [0.1, 0.15) is 6.61 Å². The van der Waals surface area contributed by atoms with Gasteiger partial charge in [0.25, 0.3) is 0 Å². The molecule has 3 N–H and O–H groups in total. The number of nitrogens with two attached hydrogens (primary N) is 1. The van der Waals surface area contributed by atoms with Crippen LogP contribution in [0.5, 0.6) is 0 Å². The van der Waals surface area contributed by atoms with Crippen LogP contribution in [0.25, 0.3) is 0 Å². The van der Waals surface area contributed by atoms with Crippen LogP contribution in [0.15, 0.2) is 12.1 Å². The quantitative estimate of drug-likeness (QED) is 0.803. The molecular weight excluding hydrogens is 260 g/mol. The van der Waals surface area contributed by atoms with E-state index in [0.717, 1.165) is 37.4 Å². The van der Waals surface area contributed by atoms with E-state index in [4.69, 9.17) is 10.8 Å². The molecule has 1 fully saturated rings. The molecule has 0 bridgehead atoms. The standard InChI is InChI=1S/C14H18N2O2S/c15-14(18)11-5-7-16(8-6-11)10-13-4-3-12(19-13)2-1-9-17/h3-4,11,17H,5-10H2,(H2,15,18). The second kappa shape index (κ2) is 6.71. The van der Waals surface area contributed by atoms with Crippen molar-refractivity contribution in [3.8, 4) is 11.8 Å². The Morgan fingerprint density at radius 2 is 2.21 bits per heavy atom. The van der Waals surface area contributed by atoms with Gasteiger partial charge in [0.15, 0.2) is 0 Å². The first-order valence-corrected chi connectivity index (χ1v) is 7.21.